The lowest BCUT2D eigenvalue weighted by atomic mass is 10.2. The molecule has 25 heavy (non-hydrogen) atoms. The molecule has 2 aromatic rings. The molecule has 7 heteroatoms. The molecule has 1 saturated heterocycles. The van der Waals surface area contributed by atoms with Gasteiger partial charge in [-0.2, -0.15) is 0 Å². The van der Waals surface area contributed by atoms with Gasteiger partial charge in [0.1, 0.15) is 11.4 Å². The minimum Gasteiger partial charge on any atom is -0.444 e. The van der Waals surface area contributed by atoms with Crippen molar-refractivity contribution in [2.75, 3.05) is 18.4 Å². The van der Waals surface area contributed by atoms with E-state index in [1.54, 1.807) is 0 Å². The maximum absolute atomic E-state index is 12.4. The number of carbonyl (C=O) groups excluding carboxylic acids is 1. The van der Waals surface area contributed by atoms with Crippen molar-refractivity contribution >= 4 is 17.6 Å². The SMILES string of the molecule is CCc1cnc2ccc(NC[C@@H]3CCCN3C(=O)OC(C)(C)C)nn12. The van der Waals surface area contributed by atoms with E-state index < -0.39 is 5.60 Å². The molecule has 3 heterocycles. The van der Waals surface area contributed by atoms with Gasteiger partial charge in [0.25, 0.3) is 0 Å². The van der Waals surface area contributed by atoms with Crippen LogP contribution in [0.25, 0.3) is 5.65 Å². The Hall–Kier alpha value is -2.31. The van der Waals surface area contributed by atoms with E-state index in [1.807, 2.05) is 48.5 Å². The van der Waals surface area contributed by atoms with E-state index in [9.17, 15) is 4.79 Å². The van der Waals surface area contributed by atoms with Gasteiger partial charge in [0.2, 0.25) is 0 Å². The average molecular weight is 345 g/mol. The first-order valence-corrected chi connectivity index (χ1v) is 8.94. The van der Waals surface area contributed by atoms with Crippen LogP contribution in [0, 0.1) is 0 Å². The summed E-state index contributed by atoms with van der Waals surface area (Å²) in [5.74, 6) is 0.788. The first kappa shape index (κ1) is 17.5. The van der Waals surface area contributed by atoms with Gasteiger partial charge in [-0.05, 0) is 52.2 Å². The smallest absolute Gasteiger partial charge is 0.410 e. The van der Waals surface area contributed by atoms with Crippen LogP contribution in [0.1, 0.15) is 46.2 Å². The van der Waals surface area contributed by atoms with E-state index in [4.69, 9.17) is 4.74 Å². The number of likely N-dealkylation sites (tertiary alicyclic amines) is 1. The Bertz CT molecular complexity index is 749. The molecule has 2 aromatic heterocycles. The third kappa shape index (κ3) is 4.03. The molecule has 0 spiro atoms. The Morgan fingerprint density at radius 3 is 2.92 bits per heavy atom. The van der Waals surface area contributed by atoms with Crippen LogP contribution in [0.5, 0.6) is 0 Å². The lowest BCUT2D eigenvalue weighted by Crippen LogP contribution is -2.42. The quantitative estimate of drug-likeness (QED) is 0.922. The van der Waals surface area contributed by atoms with Gasteiger partial charge in [-0.1, -0.05) is 6.92 Å². The summed E-state index contributed by atoms with van der Waals surface area (Å²) in [6.45, 7) is 9.17. The number of ether oxygens (including phenoxy) is 1. The molecule has 1 aliphatic rings. The van der Waals surface area contributed by atoms with Crippen molar-refractivity contribution in [3.8, 4) is 0 Å². The summed E-state index contributed by atoms with van der Waals surface area (Å²) >= 11 is 0. The van der Waals surface area contributed by atoms with Gasteiger partial charge in [-0.15, -0.1) is 5.10 Å². The van der Waals surface area contributed by atoms with Gasteiger partial charge in [-0.25, -0.2) is 14.3 Å². The fourth-order valence-electron chi connectivity index (χ4n) is 3.09. The number of aryl methyl sites for hydroxylation is 1. The van der Waals surface area contributed by atoms with Gasteiger partial charge in [0.05, 0.1) is 17.9 Å². The van der Waals surface area contributed by atoms with Crippen molar-refractivity contribution in [1.29, 1.82) is 0 Å². The van der Waals surface area contributed by atoms with Crippen LogP contribution < -0.4 is 5.32 Å². The summed E-state index contributed by atoms with van der Waals surface area (Å²) in [7, 11) is 0. The van der Waals surface area contributed by atoms with E-state index >= 15 is 0 Å². The van der Waals surface area contributed by atoms with E-state index in [1.165, 1.54) is 0 Å². The van der Waals surface area contributed by atoms with Crippen molar-refractivity contribution in [1.82, 2.24) is 19.5 Å². The molecule has 7 nitrogen and oxygen atoms in total. The second-order valence-electron chi connectivity index (χ2n) is 7.44. The first-order valence-electron chi connectivity index (χ1n) is 8.94. The highest BCUT2D eigenvalue weighted by Crippen LogP contribution is 2.21. The van der Waals surface area contributed by atoms with Crippen molar-refractivity contribution < 1.29 is 9.53 Å². The lowest BCUT2D eigenvalue weighted by Gasteiger charge is -2.28. The largest absolute Gasteiger partial charge is 0.444 e. The molecule has 3 rings (SSSR count). The van der Waals surface area contributed by atoms with Crippen LogP contribution in [-0.2, 0) is 11.2 Å². The maximum Gasteiger partial charge on any atom is 0.410 e. The molecule has 0 radical (unpaired) electrons. The number of imidazole rings is 1. The molecule has 0 unspecified atom stereocenters. The molecular formula is C18H27N5O2. The minimum atomic E-state index is -0.470. The van der Waals surface area contributed by atoms with Crippen LogP contribution in [0.4, 0.5) is 10.6 Å². The normalized spacial score (nSPS) is 17.9. The van der Waals surface area contributed by atoms with E-state index in [0.29, 0.717) is 6.54 Å². The zero-order valence-electron chi connectivity index (χ0n) is 15.5. The van der Waals surface area contributed by atoms with Crippen LogP contribution in [0.15, 0.2) is 18.3 Å². The van der Waals surface area contributed by atoms with Crippen LogP contribution in [-0.4, -0.2) is 50.3 Å². The molecule has 1 amide bonds. The third-order valence-electron chi connectivity index (χ3n) is 4.32. The Kier molecular flexibility index (Phi) is 4.83. The molecule has 0 saturated carbocycles. The number of amides is 1. The van der Waals surface area contributed by atoms with Gasteiger partial charge in [0, 0.05) is 13.1 Å². The van der Waals surface area contributed by atoms with Gasteiger partial charge in [-0.3, -0.25) is 0 Å². The summed E-state index contributed by atoms with van der Waals surface area (Å²) in [6, 6.07) is 4.00. The van der Waals surface area contributed by atoms with Crippen LogP contribution in [0.2, 0.25) is 0 Å². The monoisotopic (exact) mass is 345 g/mol. The molecule has 0 bridgehead atoms. The summed E-state index contributed by atoms with van der Waals surface area (Å²) in [4.78, 5) is 18.5. The standard InChI is InChI=1S/C18H27N5O2/c1-5-13-11-20-16-9-8-15(21-23(13)16)19-12-14-7-6-10-22(14)17(24)25-18(2,3)4/h8-9,11,14H,5-7,10,12H2,1-4H3,(H,19,21)/t14-/m0/s1. The fourth-order valence-corrected chi connectivity index (χ4v) is 3.09. The molecule has 1 N–H and O–H groups in total. The molecular weight excluding hydrogens is 318 g/mol. The molecule has 1 aliphatic heterocycles. The van der Waals surface area contributed by atoms with Gasteiger partial charge >= 0.3 is 6.09 Å². The fraction of sp³-hybridized carbons (Fsp3) is 0.611. The Labute approximate surface area is 148 Å². The number of carbonyl (C=O) groups is 1. The van der Waals surface area contributed by atoms with Gasteiger partial charge in [0.15, 0.2) is 5.65 Å². The van der Waals surface area contributed by atoms with Crippen molar-refractivity contribution in [2.45, 2.75) is 58.6 Å². The lowest BCUT2D eigenvalue weighted by molar-refractivity contribution is 0.0235. The Balaban J connectivity index is 1.65. The molecule has 0 aromatic carbocycles. The minimum absolute atomic E-state index is 0.126. The van der Waals surface area contributed by atoms with Gasteiger partial charge < -0.3 is 15.0 Å². The summed E-state index contributed by atoms with van der Waals surface area (Å²) in [6.07, 6.45) is 4.47. The Morgan fingerprint density at radius 1 is 1.40 bits per heavy atom. The van der Waals surface area contributed by atoms with Crippen LogP contribution in [0.3, 0.4) is 0 Å². The highest BCUT2D eigenvalue weighted by molar-refractivity contribution is 5.69. The number of nitrogens with zero attached hydrogens (tertiary/aromatic N) is 4. The number of aromatic nitrogens is 3. The third-order valence-corrected chi connectivity index (χ3v) is 4.32. The molecule has 0 aliphatic carbocycles. The topological polar surface area (TPSA) is 71.8 Å². The zero-order valence-corrected chi connectivity index (χ0v) is 15.5. The Morgan fingerprint density at radius 2 is 2.20 bits per heavy atom. The van der Waals surface area contributed by atoms with E-state index in [0.717, 1.165) is 43.0 Å². The van der Waals surface area contributed by atoms with E-state index in [2.05, 4.69) is 22.3 Å². The number of rotatable bonds is 4. The zero-order chi connectivity index (χ0) is 18.0. The average Bonchev–Trinajstić information content (AvgIpc) is 3.17. The molecule has 1 atom stereocenters. The number of fused-ring (bicyclic) bond motifs is 1. The van der Waals surface area contributed by atoms with Crippen LogP contribution >= 0.6 is 0 Å². The summed E-state index contributed by atoms with van der Waals surface area (Å²) in [5.41, 5.74) is 1.45. The van der Waals surface area contributed by atoms with Crippen molar-refractivity contribution in [3.05, 3.63) is 24.0 Å². The molecule has 1 fully saturated rings. The number of anilines is 1. The van der Waals surface area contributed by atoms with E-state index in [-0.39, 0.29) is 12.1 Å². The summed E-state index contributed by atoms with van der Waals surface area (Å²) < 4.78 is 7.38. The maximum atomic E-state index is 12.4. The second kappa shape index (κ2) is 6.90. The number of hydrogen-bond acceptors (Lipinski definition) is 5. The number of nitrogens with one attached hydrogen (secondary N) is 1. The van der Waals surface area contributed by atoms with Crippen molar-refractivity contribution in [3.63, 3.8) is 0 Å². The van der Waals surface area contributed by atoms with Crippen molar-refractivity contribution in [2.24, 2.45) is 0 Å². The highest BCUT2D eigenvalue weighted by atomic mass is 16.6. The number of hydrogen-bond donors (Lipinski definition) is 1. The first-order chi connectivity index (χ1) is 11.9. The predicted octanol–water partition coefficient (Wildman–Crippen LogP) is 3.10. The second-order valence-corrected chi connectivity index (χ2v) is 7.44. The summed E-state index contributed by atoms with van der Waals surface area (Å²) in [5, 5.41) is 7.96. The molecule has 136 valence electrons. The highest BCUT2D eigenvalue weighted by Gasteiger charge is 2.32. The predicted molar refractivity (Wildman–Crippen MR) is 96.8 cm³/mol.